The van der Waals surface area contributed by atoms with Crippen molar-refractivity contribution < 1.29 is 20.1 Å². The minimum Gasteiger partial charge on any atom is -0.508 e. The van der Waals surface area contributed by atoms with E-state index in [0.29, 0.717) is 36.2 Å². The Bertz CT molecular complexity index is 1150. The van der Waals surface area contributed by atoms with Crippen LogP contribution in [0, 0.1) is 0 Å². The van der Waals surface area contributed by atoms with Crippen molar-refractivity contribution in [3.8, 4) is 5.75 Å². The first kappa shape index (κ1) is 24.0. The number of phenols is 1. The number of fused-ring (bicyclic) bond motifs is 1. The molecule has 0 aliphatic carbocycles. The molecule has 0 unspecified atom stereocenters. The molecule has 34 heavy (non-hydrogen) atoms. The Morgan fingerprint density at radius 2 is 1.85 bits per heavy atom. The van der Waals surface area contributed by atoms with E-state index in [1.165, 1.54) is 17.2 Å². The first-order valence-corrected chi connectivity index (χ1v) is 11.7. The van der Waals surface area contributed by atoms with Crippen molar-refractivity contribution in [1.29, 1.82) is 0 Å². The van der Waals surface area contributed by atoms with Crippen LogP contribution in [0.2, 0.25) is 0 Å². The van der Waals surface area contributed by atoms with Gasteiger partial charge in [-0.3, -0.25) is 4.79 Å². The number of aliphatic hydroxyl groups excluding tert-OH is 2. The predicted molar refractivity (Wildman–Crippen MR) is 131 cm³/mol. The summed E-state index contributed by atoms with van der Waals surface area (Å²) >= 11 is 0. The lowest BCUT2D eigenvalue weighted by Crippen LogP contribution is -2.36. The molecule has 1 aliphatic heterocycles. The molecule has 0 aromatic heterocycles. The van der Waals surface area contributed by atoms with Crippen molar-refractivity contribution in [2.75, 3.05) is 13.1 Å². The van der Waals surface area contributed by atoms with Crippen molar-refractivity contribution in [3.05, 3.63) is 100 Å². The van der Waals surface area contributed by atoms with Crippen molar-refractivity contribution >= 4 is 5.91 Å². The third kappa shape index (κ3) is 5.65. The van der Waals surface area contributed by atoms with Crippen molar-refractivity contribution in [2.45, 2.75) is 45.1 Å². The summed E-state index contributed by atoms with van der Waals surface area (Å²) in [6.07, 6.45) is 0.836. The molecule has 6 heteroatoms. The fraction of sp³-hybridized carbons (Fsp3) is 0.321. The highest BCUT2D eigenvalue weighted by atomic mass is 16.3. The minimum absolute atomic E-state index is 0.0166. The van der Waals surface area contributed by atoms with Gasteiger partial charge in [-0.05, 0) is 66.3 Å². The van der Waals surface area contributed by atoms with Crippen LogP contribution >= 0.6 is 0 Å². The lowest BCUT2D eigenvalue weighted by molar-refractivity contribution is 0.0734. The average molecular weight is 461 g/mol. The van der Waals surface area contributed by atoms with Crippen LogP contribution in [0.15, 0.2) is 66.7 Å². The highest BCUT2D eigenvalue weighted by Gasteiger charge is 2.22. The summed E-state index contributed by atoms with van der Waals surface area (Å²) in [6.45, 7) is 3.46. The molecule has 0 spiro atoms. The molecule has 0 bridgehead atoms. The predicted octanol–water partition coefficient (Wildman–Crippen LogP) is 3.34. The quantitative estimate of drug-likeness (QED) is 0.414. The van der Waals surface area contributed by atoms with Crippen LogP contribution < -0.4 is 5.32 Å². The fourth-order valence-corrected chi connectivity index (χ4v) is 4.48. The van der Waals surface area contributed by atoms with Gasteiger partial charge in [-0.2, -0.15) is 0 Å². The van der Waals surface area contributed by atoms with Gasteiger partial charge in [0.05, 0.1) is 12.7 Å². The molecule has 1 aliphatic rings. The molecular weight excluding hydrogens is 428 g/mol. The minimum atomic E-state index is -0.761. The second-order valence-corrected chi connectivity index (χ2v) is 9.02. The molecule has 0 radical (unpaired) electrons. The van der Waals surface area contributed by atoms with Crippen LogP contribution in [0.5, 0.6) is 5.75 Å². The largest absolute Gasteiger partial charge is 0.508 e. The zero-order chi connectivity index (χ0) is 24.1. The highest BCUT2D eigenvalue weighted by Crippen LogP contribution is 2.23. The van der Waals surface area contributed by atoms with E-state index in [2.05, 4.69) is 17.4 Å². The van der Waals surface area contributed by atoms with Gasteiger partial charge in [-0.15, -0.1) is 0 Å². The summed E-state index contributed by atoms with van der Waals surface area (Å²) in [5, 5.41) is 32.8. The van der Waals surface area contributed by atoms with E-state index >= 15 is 0 Å². The number of aromatic hydroxyl groups is 1. The third-order valence-corrected chi connectivity index (χ3v) is 6.45. The van der Waals surface area contributed by atoms with Crippen LogP contribution in [0.3, 0.4) is 0 Å². The molecule has 2 atom stereocenters. The van der Waals surface area contributed by atoms with E-state index < -0.39 is 6.10 Å². The van der Waals surface area contributed by atoms with E-state index in [4.69, 9.17) is 0 Å². The Labute approximate surface area is 200 Å². The van der Waals surface area contributed by atoms with Gasteiger partial charge in [-0.1, -0.05) is 42.5 Å². The van der Waals surface area contributed by atoms with Crippen molar-refractivity contribution in [1.82, 2.24) is 10.2 Å². The molecule has 0 fully saturated rings. The van der Waals surface area contributed by atoms with E-state index in [1.807, 2.05) is 48.2 Å². The summed E-state index contributed by atoms with van der Waals surface area (Å²) in [4.78, 5) is 15.1. The highest BCUT2D eigenvalue weighted by molar-refractivity contribution is 5.94. The third-order valence-electron chi connectivity index (χ3n) is 6.45. The molecular formula is C28H32N2O4. The van der Waals surface area contributed by atoms with Crippen LogP contribution in [-0.4, -0.2) is 45.3 Å². The number of benzene rings is 3. The molecule has 3 aromatic rings. The fourth-order valence-electron chi connectivity index (χ4n) is 4.48. The number of hydrogen-bond donors (Lipinski definition) is 4. The first-order valence-electron chi connectivity index (χ1n) is 11.7. The van der Waals surface area contributed by atoms with Gasteiger partial charge in [0, 0.05) is 36.8 Å². The van der Waals surface area contributed by atoms with Crippen molar-refractivity contribution in [3.63, 3.8) is 0 Å². The van der Waals surface area contributed by atoms with Gasteiger partial charge in [0.2, 0.25) is 0 Å². The van der Waals surface area contributed by atoms with Crippen LogP contribution in [0.25, 0.3) is 0 Å². The summed E-state index contributed by atoms with van der Waals surface area (Å²) in [6, 6.07) is 20.9. The number of hydrogen-bond acceptors (Lipinski definition) is 5. The Kier molecular flexibility index (Phi) is 7.63. The van der Waals surface area contributed by atoms with Crippen molar-refractivity contribution in [2.24, 2.45) is 0 Å². The topological polar surface area (TPSA) is 93.0 Å². The average Bonchev–Trinajstić information content (AvgIpc) is 2.87. The van der Waals surface area contributed by atoms with Gasteiger partial charge in [0.15, 0.2) is 0 Å². The second-order valence-electron chi connectivity index (χ2n) is 9.02. The number of carbonyl (C=O) groups excluding carboxylic acids is 1. The van der Waals surface area contributed by atoms with Gasteiger partial charge in [0.25, 0.3) is 5.91 Å². The van der Waals surface area contributed by atoms with E-state index in [1.54, 1.807) is 12.1 Å². The normalized spacial score (nSPS) is 15.0. The smallest absolute Gasteiger partial charge is 0.254 e. The lowest BCUT2D eigenvalue weighted by atomic mass is 9.98. The summed E-state index contributed by atoms with van der Waals surface area (Å²) in [7, 11) is 0. The Morgan fingerprint density at radius 3 is 2.65 bits per heavy atom. The van der Waals surface area contributed by atoms with E-state index in [9.17, 15) is 20.1 Å². The van der Waals surface area contributed by atoms with Gasteiger partial charge >= 0.3 is 0 Å². The number of nitrogens with zero attached hydrogens (tertiary/aromatic N) is 1. The molecule has 4 N–H and O–H groups in total. The maximum atomic E-state index is 13.1. The zero-order valence-electron chi connectivity index (χ0n) is 19.4. The Balaban J connectivity index is 1.33. The number of aliphatic hydroxyl groups is 2. The molecule has 178 valence electrons. The SMILES string of the molecule is C[C@H](Cc1cccc(C(=O)N2CCc3ccccc3C2)c1)NC[C@H](O)c1ccc(O)c(CO)c1. The van der Waals surface area contributed by atoms with E-state index in [0.717, 1.165) is 18.5 Å². The second kappa shape index (κ2) is 10.8. The number of nitrogens with one attached hydrogen (secondary N) is 1. The molecule has 6 nitrogen and oxygen atoms in total. The lowest BCUT2D eigenvalue weighted by Gasteiger charge is -2.29. The summed E-state index contributed by atoms with van der Waals surface area (Å²) in [5.74, 6) is 0.0716. The molecule has 1 heterocycles. The molecule has 1 amide bonds. The van der Waals surface area contributed by atoms with E-state index in [-0.39, 0.29) is 24.3 Å². The maximum absolute atomic E-state index is 13.1. The van der Waals surface area contributed by atoms with Crippen LogP contribution in [0.1, 0.15) is 51.2 Å². The number of carbonyl (C=O) groups is 1. The standard InChI is InChI=1S/C28H32N2O4/c1-19(29-16-27(33)22-9-10-26(32)25(15-22)18-31)13-20-5-4-8-23(14-20)28(34)30-12-11-21-6-2-3-7-24(21)17-30/h2-10,14-15,19,27,29,31-33H,11-13,16-18H2,1H3/t19-,27+/m1/s1. The van der Waals surface area contributed by atoms with Gasteiger partial charge < -0.3 is 25.5 Å². The number of rotatable bonds is 8. The zero-order valence-corrected chi connectivity index (χ0v) is 19.4. The Hall–Kier alpha value is -3.19. The molecule has 0 saturated heterocycles. The van der Waals surface area contributed by atoms with Crippen LogP contribution in [0.4, 0.5) is 0 Å². The Morgan fingerprint density at radius 1 is 1.06 bits per heavy atom. The monoisotopic (exact) mass is 460 g/mol. The van der Waals surface area contributed by atoms with Gasteiger partial charge in [0.1, 0.15) is 5.75 Å². The maximum Gasteiger partial charge on any atom is 0.254 e. The molecule has 3 aromatic carbocycles. The van der Waals surface area contributed by atoms with Gasteiger partial charge in [-0.25, -0.2) is 0 Å². The number of amides is 1. The van der Waals surface area contributed by atoms with Crippen LogP contribution in [-0.2, 0) is 26.0 Å². The summed E-state index contributed by atoms with van der Waals surface area (Å²) < 4.78 is 0. The molecule has 4 rings (SSSR count). The molecule has 0 saturated carbocycles. The first-order chi connectivity index (χ1) is 16.4. The summed E-state index contributed by atoms with van der Waals surface area (Å²) in [5.41, 5.74) is 5.33.